The first kappa shape index (κ1) is 19.0. The number of anilines is 4. The highest BCUT2D eigenvalue weighted by molar-refractivity contribution is 7.92. The number of sulfonamides is 1. The first-order valence-corrected chi connectivity index (χ1v) is 11.0. The Balaban J connectivity index is 1.86. The average molecular weight is 407 g/mol. The van der Waals surface area contributed by atoms with Crippen LogP contribution in [0.3, 0.4) is 0 Å². The van der Waals surface area contributed by atoms with Crippen LogP contribution in [0.5, 0.6) is 0 Å². The zero-order chi connectivity index (χ0) is 20.8. The molecule has 0 unspecified atom stereocenters. The molecule has 0 radical (unpaired) electrons. The minimum atomic E-state index is -3.42. The number of hydrogen-bond donors (Lipinski definition) is 2. The highest BCUT2D eigenvalue weighted by Crippen LogP contribution is 2.37. The number of hydrogen-bond acceptors (Lipinski definition) is 4. The van der Waals surface area contributed by atoms with Crippen LogP contribution in [0.1, 0.15) is 15.9 Å². The van der Waals surface area contributed by atoms with E-state index in [0.717, 1.165) is 22.4 Å². The van der Waals surface area contributed by atoms with Crippen molar-refractivity contribution in [3.8, 4) is 11.1 Å². The predicted octanol–water partition coefficient (Wildman–Crippen LogP) is 4.37. The maximum atomic E-state index is 12.6. The Morgan fingerprint density at radius 2 is 1.48 bits per heavy atom. The standard InChI is InChI=1S/C22H21N3O3S/c1-14-8-10-16(21(12-14)25(2)29(3,27)28)15-9-11-17-20(13-15)23-18-6-4-5-7-19(18)24-22(17)26/h4-13,23H,1-3H3,(H,24,26). The summed E-state index contributed by atoms with van der Waals surface area (Å²) in [7, 11) is -1.88. The molecule has 1 heterocycles. The first-order chi connectivity index (χ1) is 13.7. The molecule has 0 fully saturated rings. The van der Waals surface area contributed by atoms with Gasteiger partial charge in [-0.2, -0.15) is 0 Å². The van der Waals surface area contributed by atoms with Gasteiger partial charge >= 0.3 is 0 Å². The molecule has 3 aromatic rings. The van der Waals surface area contributed by atoms with Gasteiger partial charge in [0.05, 0.1) is 34.6 Å². The molecule has 3 aromatic carbocycles. The minimum absolute atomic E-state index is 0.193. The second kappa shape index (κ2) is 6.93. The molecule has 4 rings (SSSR count). The molecule has 1 aliphatic heterocycles. The van der Waals surface area contributed by atoms with Crippen LogP contribution in [0, 0.1) is 6.92 Å². The molecule has 0 saturated heterocycles. The van der Waals surface area contributed by atoms with Crippen molar-refractivity contribution >= 4 is 38.7 Å². The number of nitrogens with one attached hydrogen (secondary N) is 2. The third-order valence-corrected chi connectivity index (χ3v) is 6.20. The lowest BCUT2D eigenvalue weighted by Crippen LogP contribution is -2.25. The molecule has 1 aliphatic rings. The van der Waals surface area contributed by atoms with Crippen molar-refractivity contribution in [1.82, 2.24) is 0 Å². The summed E-state index contributed by atoms with van der Waals surface area (Å²) in [5, 5.41) is 6.22. The van der Waals surface area contributed by atoms with Gasteiger partial charge < -0.3 is 10.6 Å². The van der Waals surface area contributed by atoms with Crippen molar-refractivity contribution in [2.24, 2.45) is 0 Å². The van der Waals surface area contributed by atoms with Crippen molar-refractivity contribution in [1.29, 1.82) is 0 Å². The zero-order valence-electron chi connectivity index (χ0n) is 16.4. The van der Waals surface area contributed by atoms with E-state index in [-0.39, 0.29) is 5.91 Å². The Bertz CT molecular complexity index is 1240. The largest absolute Gasteiger partial charge is 0.353 e. The van der Waals surface area contributed by atoms with Gasteiger partial charge in [-0.15, -0.1) is 0 Å². The number of amides is 1. The lowest BCUT2D eigenvalue weighted by Gasteiger charge is -2.21. The molecule has 1 amide bonds. The van der Waals surface area contributed by atoms with Gasteiger partial charge in [0.2, 0.25) is 10.0 Å². The van der Waals surface area contributed by atoms with E-state index < -0.39 is 10.0 Å². The Morgan fingerprint density at radius 1 is 0.828 bits per heavy atom. The molecule has 0 atom stereocenters. The average Bonchev–Trinajstić information content (AvgIpc) is 2.81. The quantitative estimate of drug-likeness (QED) is 0.676. The zero-order valence-corrected chi connectivity index (χ0v) is 17.2. The second-order valence-electron chi connectivity index (χ2n) is 7.14. The lowest BCUT2D eigenvalue weighted by molar-refractivity contribution is 0.102. The summed E-state index contributed by atoms with van der Waals surface area (Å²) in [6.45, 7) is 1.92. The third kappa shape index (κ3) is 3.56. The number of nitrogens with zero attached hydrogens (tertiary/aromatic N) is 1. The number of aryl methyl sites for hydroxylation is 1. The summed E-state index contributed by atoms with van der Waals surface area (Å²) in [4.78, 5) is 12.6. The topological polar surface area (TPSA) is 78.5 Å². The molecule has 6 nitrogen and oxygen atoms in total. The summed E-state index contributed by atoms with van der Waals surface area (Å²) in [6, 6.07) is 18.6. The van der Waals surface area contributed by atoms with Gasteiger partial charge in [-0.25, -0.2) is 8.42 Å². The number of carbonyl (C=O) groups is 1. The Labute approximate surface area is 170 Å². The first-order valence-electron chi connectivity index (χ1n) is 9.10. The number of para-hydroxylation sites is 2. The van der Waals surface area contributed by atoms with Crippen LogP contribution >= 0.6 is 0 Å². The summed E-state index contributed by atoms with van der Waals surface area (Å²) >= 11 is 0. The molecule has 0 bridgehead atoms. The molecule has 2 N–H and O–H groups in total. The highest BCUT2D eigenvalue weighted by atomic mass is 32.2. The smallest absolute Gasteiger partial charge is 0.257 e. The van der Waals surface area contributed by atoms with E-state index in [0.29, 0.717) is 22.6 Å². The lowest BCUT2D eigenvalue weighted by atomic mass is 9.99. The Morgan fingerprint density at radius 3 is 2.17 bits per heavy atom. The van der Waals surface area contributed by atoms with E-state index in [9.17, 15) is 13.2 Å². The van der Waals surface area contributed by atoms with Crippen LogP contribution in [-0.2, 0) is 10.0 Å². The van der Waals surface area contributed by atoms with Gasteiger partial charge in [-0.05, 0) is 48.4 Å². The van der Waals surface area contributed by atoms with Crippen molar-refractivity contribution in [2.75, 3.05) is 28.2 Å². The van der Waals surface area contributed by atoms with Crippen LogP contribution in [0.2, 0.25) is 0 Å². The van der Waals surface area contributed by atoms with Crippen LogP contribution < -0.4 is 14.9 Å². The molecule has 0 spiro atoms. The van der Waals surface area contributed by atoms with E-state index in [4.69, 9.17) is 0 Å². The van der Waals surface area contributed by atoms with Crippen LogP contribution in [0.4, 0.5) is 22.7 Å². The summed E-state index contributed by atoms with van der Waals surface area (Å²) in [5.74, 6) is -0.193. The maximum absolute atomic E-state index is 12.6. The molecular weight excluding hydrogens is 386 g/mol. The van der Waals surface area contributed by atoms with Crippen molar-refractivity contribution in [3.63, 3.8) is 0 Å². The summed E-state index contributed by atoms with van der Waals surface area (Å²) < 4.78 is 25.6. The molecule has 0 saturated carbocycles. The van der Waals surface area contributed by atoms with E-state index >= 15 is 0 Å². The molecule has 29 heavy (non-hydrogen) atoms. The molecule has 148 valence electrons. The van der Waals surface area contributed by atoms with E-state index in [1.807, 2.05) is 61.5 Å². The van der Waals surface area contributed by atoms with E-state index in [1.165, 1.54) is 10.6 Å². The van der Waals surface area contributed by atoms with Gasteiger partial charge in [-0.3, -0.25) is 9.10 Å². The number of fused-ring (bicyclic) bond motifs is 2. The summed E-state index contributed by atoms with van der Waals surface area (Å²) in [5.41, 5.74) is 5.83. The molecule has 0 aromatic heterocycles. The normalized spacial score (nSPS) is 12.9. The Kier molecular flexibility index (Phi) is 4.55. The number of benzene rings is 3. The van der Waals surface area contributed by atoms with E-state index in [2.05, 4.69) is 10.6 Å². The highest BCUT2D eigenvalue weighted by Gasteiger charge is 2.21. The maximum Gasteiger partial charge on any atom is 0.257 e. The number of carbonyl (C=O) groups excluding carboxylic acids is 1. The third-order valence-electron chi connectivity index (χ3n) is 5.01. The molecular formula is C22H21N3O3S. The predicted molar refractivity (Wildman–Crippen MR) is 118 cm³/mol. The minimum Gasteiger partial charge on any atom is -0.353 e. The van der Waals surface area contributed by atoms with E-state index in [1.54, 1.807) is 13.1 Å². The van der Waals surface area contributed by atoms with Gasteiger partial charge in [0.1, 0.15) is 0 Å². The molecule has 7 heteroatoms. The van der Waals surface area contributed by atoms with Gasteiger partial charge in [0, 0.05) is 12.6 Å². The van der Waals surface area contributed by atoms with Crippen molar-refractivity contribution < 1.29 is 13.2 Å². The fourth-order valence-electron chi connectivity index (χ4n) is 3.37. The second-order valence-corrected chi connectivity index (χ2v) is 9.15. The van der Waals surface area contributed by atoms with Crippen LogP contribution in [-0.4, -0.2) is 27.6 Å². The fraction of sp³-hybridized carbons (Fsp3) is 0.136. The Hall–Kier alpha value is -3.32. The van der Waals surface area contributed by atoms with Gasteiger partial charge in [-0.1, -0.05) is 30.3 Å². The SMILES string of the molecule is Cc1ccc(-c2ccc3c(c2)Nc2ccccc2NC3=O)c(N(C)S(C)(=O)=O)c1. The van der Waals surface area contributed by atoms with Crippen molar-refractivity contribution in [2.45, 2.75) is 6.92 Å². The monoisotopic (exact) mass is 407 g/mol. The fourth-order valence-corrected chi connectivity index (χ4v) is 3.88. The van der Waals surface area contributed by atoms with Crippen molar-refractivity contribution in [3.05, 3.63) is 71.8 Å². The number of rotatable bonds is 3. The molecule has 0 aliphatic carbocycles. The van der Waals surface area contributed by atoms with Crippen LogP contribution in [0.15, 0.2) is 60.7 Å². The van der Waals surface area contributed by atoms with Gasteiger partial charge in [0.15, 0.2) is 0 Å². The van der Waals surface area contributed by atoms with Gasteiger partial charge in [0.25, 0.3) is 5.91 Å². The summed E-state index contributed by atoms with van der Waals surface area (Å²) in [6.07, 6.45) is 1.18. The van der Waals surface area contributed by atoms with Crippen LogP contribution in [0.25, 0.3) is 11.1 Å².